The molecule has 16 heavy (non-hydrogen) atoms. The van der Waals surface area contributed by atoms with E-state index in [4.69, 9.17) is 0 Å². The first-order valence-corrected chi connectivity index (χ1v) is 5.07. The van der Waals surface area contributed by atoms with Crippen LogP contribution in [0.15, 0.2) is 24.3 Å². The fourth-order valence-corrected chi connectivity index (χ4v) is 2.47. The molecule has 1 aromatic carbocycles. The Balaban J connectivity index is 2.19. The number of carboxylic acid groups (broad SMARTS) is 1. The predicted molar refractivity (Wildman–Crippen MR) is 54.8 cm³/mol. The Labute approximate surface area is 91.7 Å². The van der Waals surface area contributed by atoms with Gasteiger partial charge in [-0.25, -0.2) is 9.59 Å². The molecule has 0 aromatic heterocycles. The van der Waals surface area contributed by atoms with E-state index in [2.05, 4.69) is 5.32 Å². The second-order valence-electron chi connectivity index (χ2n) is 4.02. The molecule has 0 aliphatic carbocycles. The number of amides is 2. The van der Waals surface area contributed by atoms with Crippen LogP contribution in [0.4, 0.5) is 4.79 Å². The Hall–Kier alpha value is -2.04. The number of nitrogens with zero attached hydrogens (tertiary/aromatic N) is 1. The lowest BCUT2D eigenvalue weighted by molar-refractivity contribution is -0.142. The third kappa shape index (κ3) is 1.05. The standard InChI is InChI=1S/C11H10N2O3/c14-10(15)9-7-4-2-1-3-6(7)8-5-13(9)11(16)12-8/h1-4,8-9H,5H2,(H,12,16)(H,14,15)/t8-,9-/m1/s1. The van der Waals surface area contributed by atoms with Gasteiger partial charge in [0.2, 0.25) is 0 Å². The van der Waals surface area contributed by atoms with Crippen LogP contribution in [0.2, 0.25) is 0 Å². The molecule has 1 saturated heterocycles. The monoisotopic (exact) mass is 218 g/mol. The van der Waals surface area contributed by atoms with Gasteiger partial charge in [-0.3, -0.25) is 0 Å². The summed E-state index contributed by atoms with van der Waals surface area (Å²) >= 11 is 0. The number of fused-ring (bicyclic) bond motifs is 4. The summed E-state index contributed by atoms with van der Waals surface area (Å²) in [6, 6.07) is 6.08. The van der Waals surface area contributed by atoms with E-state index in [-0.39, 0.29) is 12.1 Å². The van der Waals surface area contributed by atoms with Gasteiger partial charge in [0, 0.05) is 6.54 Å². The summed E-state index contributed by atoms with van der Waals surface area (Å²) in [5, 5.41) is 12.0. The highest BCUT2D eigenvalue weighted by Gasteiger charge is 2.45. The van der Waals surface area contributed by atoms with Crippen molar-refractivity contribution in [3.05, 3.63) is 35.4 Å². The van der Waals surface area contributed by atoms with Crippen molar-refractivity contribution in [2.45, 2.75) is 12.1 Å². The molecule has 5 nitrogen and oxygen atoms in total. The second-order valence-corrected chi connectivity index (χ2v) is 4.02. The van der Waals surface area contributed by atoms with Crippen LogP contribution in [0, 0.1) is 0 Å². The molecule has 0 spiro atoms. The third-order valence-corrected chi connectivity index (χ3v) is 3.15. The number of nitrogens with one attached hydrogen (secondary N) is 1. The highest BCUT2D eigenvalue weighted by molar-refractivity contribution is 5.87. The zero-order valence-corrected chi connectivity index (χ0v) is 8.38. The minimum atomic E-state index is -0.983. The van der Waals surface area contributed by atoms with Crippen molar-refractivity contribution in [1.29, 1.82) is 0 Å². The Morgan fingerprint density at radius 1 is 1.38 bits per heavy atom. The normalized spacial score (nSPS) is 26.2. The zero-order chi connectivity index (χ0) is 11.3. The number of rotatable bonds is 1. The van der Waals surface area contributed by atoms with Gasteiger partial charge >= 0.3 is 12.0 Å². The summed E-state index contributed by atoms with van der Waals surface area (Å²) in [5.74, 6) is -0.983. The molecule has 82 valence electrons. The van der Waals surface area contributed by atoms with E-state index in [9.17, 15) is 14.7 Å². The number of urea groups is 1. The van der Waals surface area contributed by atoms with Crippen LogP contribution in [0.5, 0.6) is 0 Å². The van der Waals surface area contributed by atoms with Crippen molar-refractivity contribution in [3.63, 3.8) is 0 Å². The van der Waals surface area contributed by atoms with Gasteiger partial charge in [-0.2, -0.15) is 0 Å². The molecular weight excluding hydrogens is 208 g/mol. The van der Waals surface area contributed by atoms with E-state index < -0.39 is 12.0 Å². The van der Waals surface area contributed by atoms with Gasteiger partial charge in [-0.05, 0) is 11.1 Å². The molecule has 1 fully saturated rings. The smallest absolute Gasteiger partial charge is 0.331 e. The first-order valence-electron chi connectivity index (χ1n) is 5.07. The van der Waals surface area contributed by atoms with Crippen LogP contribution in [-0.2, 0) is 4.79 Å². The summed E-state index contributed by atoms with van der Waals surface area (Å²) in [5.41, 5.74) is 1.63. The fraction of sp³-hybridized carbons (Fsp3) is 0.273. The van der Waals surface area contributed by atoms with Gasteiger partial charge in [-0.15, -0.1) is 0 Å². The van der Waals surface area contributed by atoms with Crippen molar-refractivity contribution >= 4 is 12.0 Å². The van der Waals surface area contributed by atoms with Crippen molar-refractivity contribution in [3.8, 4) is 0 Å². The van der Waals surface area contributed by atoms with Crippen LogP contribution in [0.3, 0.4) is 0 Å². The first-order chi connectivity index (χ1) is 7.68. The summed E-state index contributed by atoms with van der Waals surface area (Å²) < 4.78 is 0. The van der Waals surface area contributed by atoms with Crippen molar-refractivity contribution < 1.29 is 14.7 Å². The van der Waals surface area contributed by atoms with Crippen LogP contribution in [0.1, 0.15) is 23.2 Å². The summed E-state index contributed by atoms with van der Waals surface area (Å²) in [6.07, 6.45) is 0. The topological polar surface area (TPSA) is 69.6 Å². The number of carboxylic acids is 1. The molecule has 2 bridgehead atoms. The molecular formula is C11H10N2O3. The number of hydrogen-bond acceptors (Lipinski definition) is 2. The van der Waals surface area contributed by atoms with Gasteiger partial charge in [0.25, 0.3) is 0 Å². The number of aliphatic carboxylic acids is 1. The molecule has 2 atom stereocenters. The summed E-state index contributed by atoms with van der Waals surface area (Å²) in [4.78, 5) is 24.2. The number of carbonyl (C=O) groups excluding carboxylic acids is 1. The summed E-state index contributed by atoms with van der Waals surface area (Å²) in [6.45, 7) is 0.437. The molecule has 2 heterocycles. The SMILES string of the molecule is O=C(O)[C@H]1c2ccccc2[C@H]2CN1C(=O)N2. The lowest BCUT2D eigenvalue weighted by atomic mass is 9.91. The van der Waals surface area contributed by atoms with Crippen molar-refractivity contribution in [1.82, 2.24) is 10.2 Å². The fourth-order valence-electron chi connectivity index (χ4n) is 2.47. The van der Waals surface area contributed by atoms with E-state index in [0.717, 1.165) is 5.56 Å². The largest absolute Gasteiger partial charge is 0.479 e. The molecule has 1 aromatic rings. The van der Waals surface area contributed by atoms with Gasteiger partial charge < -0.3 is 15.3 Å². The molecule has 0 unspecified atom stereocenters. The van der Waals surface area contributed by atoms with Crippen molar-refractivity contribution in [2.24, 2.45) is 0 Å². The molecule has 2 amide bonds. The lowest BCUT2D eigenvalue weighted by Crippen LogP contribution is -2.38. The Bertz CT molecular complexity index is 486. The van der Waals surface area contributed by atoms with Crippen molar-refractivity contribution in [2.75, 3.05) is 6.54 Å². The Kier molecular flexibility index (Phi) is 1.71. The average Bonchev–Trinajstić information content (AvgIpc) is 2.57. The Morgan fingerprint density at radius 2 is 2.06 bits per heavy atom. The third-order valence-electron chi connectivity index (χ3n) is 3.15. The maximum atomic E-state index is 11.6. The maximum absolute atomic E-state index is 11.6. The van der Waals surface area contributed by atoms with Crippen LogP contribution < -0.4 is 5.32 Å². The molecule has 2 aliphatic heterocycles. The molecule has 3 rings (SSSR count). The second kappa shape index (κ2) is 2.98. The minimum absolute atomic E-state index is 0.0701. The number of hydrogen-bond donors (Lipinski definition) is 2. The maximum Gasteiger partial charge on any atom is 0.331 e. The molecule has 0 saturated carbocycles. The molecule has 0 radical (unpaired) electrons. The highest BCUT2D eigenvalue weighted by Crippen LogP contribution is 2.38. The van der Waals surface area contributed by atoms with Crippen LogP contribution >= 0.6 is 0 Å². The van der Waals surface area contributed by atoms with Gasteiger partial charge in [0.1, 0.15) is 0 Å². The quantitative estimate of drug-likeness (QED) is 0.735. The van der Waals surface area contributed by atoms with E-state index in [1.165, 1.54) is 4.90 Å². The first kappa shape index (κ1) is 9.21. The van der Waals surface area contributed by atoms with Crippen LogP contribution in [0.25, 0.3) is 0 Å². The molecule has 2 N–H and O–H groups in total. The van der Waals surface area contributed by atoms with E-state index in [0.29, 0.717) is 12.1 Å². The number of benzene rings is 1. The highest BCUT2D eigenvalue weighted by atomic mass is 16.4. The number of carbonyl (C=O) groups is 2. The van der Waals surface area contributed by atoms with Gasteiger partial charge in [0.15, 0.2) is 6.04 Å². The van der Waals surface area contributed by atoms with Gasteiger partial charge in [0.05, 0.1) is 6.04 Å². The average molecular weight is 218 g/mol. The molecule has 5 heteroatoms. The van der Waals surface area contributed by atoms with Gasteiger partial charge in [-0.1, -0.05) is 24.3 Å². The predicted octanol–water partition coefficient (Wildman–Crippen LogP) is 0.892. The van der Waals surface area contributed by atoms with E-state index in [1.807, 2.05) is 12.1 Å². The minimum Gasteiger partial charge on any atom is -0.479 e. The van der Waals surface area contributed by atoms with E-state index >= 15 is 0 Å². The Morgan fingerprint density at radius 3 is 2.75 bits per heavy atom. The lowest BCUT2D eigenvalue weighted by Gasteiger charge is -2.29. The van der Waals surface area contributed by atoms with E-state index in [1.54, 1.807) is 12.1 Å². The molecule has 2 aliphatic rings. The zero-order valence-electron chi connectivity index (χ0n) is 8.38. The van der Waals surface area contributed by atoms with Crippen LogP contribution in [-0.4, -0.2) is 28.6 Å². The summed E-state index contributed by atoms with van der Waals surface area (Å²) in [7, 11) is 0.